The molecule has 7 heteroatoms. The molecule has 35 heavy (non-hydrogen) atoms. The molecule has 1 unspecified atom stereocenters. The molecule has 1 atom stereocenters. The molecule has 0 bridgehead atoms. The van der Waals surface area contributed by atoms with Crippen molar-refractivity contribution in [1.82, 2.24) is 15.1 Å². The van der Waals surface area contributed by atoms with Crippen molar-refractivity contribution in [3.63, 3.8) is 0 Å². The fraction of sp³-hybridized carbons (Fsp3) is 0.250. The van der Waals surface area contributed by atoms with E-state index in [4.69, 9.17) is 14.6 Å². The maximum Gasteiger partial charge on any atom is 0.262 e. The number of nitrogens with one attached hydrogen (secondary N) is 1. The summed E-state index contributed by atoms with van der Waals surface area (Å²) in [6.07, 6.45) is 7.01. The van der Waals surface area contributed by atoms with Crippen LogP contribution in [0.15, 0.2) is 73.0 Å². The third-order valence-corrected chi connectivity index (χ3v) is 5.76. The number of para-hydroxylation sites is 1. The topological polar surface area (TPSA) is 89.2 Å². The third kappa shape index (κ3) is 5.86. The number of carbonyl (C=O) groups is 1. The lowest BCUT2D eigenvalue weighted by Crippen LogP contribution is -2.32. The predicted molar refractivity (Wildman–Crippen MR) is 135 cm³/mol. The van der Waals surface area contributed by atoms with Gasteiger partial charge in [0.2, 0.25) is 0 Å². The monoisotopic (exact) mass is 468 g/mol. The normalized spacial score (nSPS) is 15.4. The average molecular weight is 469 g/mol. The van der Waals surface area contributed by atoms with E-state index in [0.717, 1.165) is 35.4 Å². The van der Waals surface area contributed by atoms with Gasteiger partial charge in [-0.05, 0) is 61.7 Å². The molecule has 3 aromatic rings. The smallest absolute Gasteiger partial charge is 0.262 e. The number of nitriles is 1. The van der Waals surface area contributed by atoms with Crippen molar-refractivity contribution in [3.05, 3.63) is 84.1 Å². The first kappa shape index (κ1) is 24.0. The van der Waals surface area contributed by atoms with Crippen LogP contribution in [0.25, 0.3) is 23.0 Å². The maximum atomic E-state index is 12.8. The maximum absolute atomic E-state index is 12.8. The van der Waals surface area contributed by atoms with Gasteiger partial charge in [-0.25, -0.2) is 4.68 Å². The molecule has 1 amide bonds. The Morgan fingerprint density at radius 2 is 2.17 bits per heavy atom. The van der Waals surface area contributed by atoms with Crippen molar-refractivity contribution >= 4 is 12.0 Å². The summed E-state index contributed by atoms with van der Waals surface area (Å²) in [5.74, 6) is 0.309. The predicted octanol–water partition coefficient (Wildman–Crippen LogP) is 4.61. The Kier molecular flexibility index (Phi) is 7.76. The molecule has 1 aliphatic rings. The molecule has 1 N–H and O–H groups in total. The zero-order valence-corrected chi connectivity index (χ0v) is 19.7. The highest BCUT2D eigenvalue weighted by Gasteiger charge is 2.19. The van der Waals surface area contributed by atoms with Gasteiger partial charge in [0.05, 0.1) is 11.8 Å². The summed E-state index contributed by atoms with van der Waals surface area (Å²) in [6, 6.07) is 17.5. The van der Waals surface area contributed by atoms with E-state index in [1.165, 1.54) is 0 Å². The van der Waals surface area contributed by atoms with Gasteiger partial charge in [-0.15, -0.1) is 0 Å². The molecule has 0 aliphatic carbocycles. The van der Waals surface area contributed by atoms with Gasteiger partial charge < -0.3 is 14.8 Å². The van der Waals surface area contributed by atoms with Crippen molar-refractivity contribution in [2.75, 3.05) is 19.8 Å². The summed E-state index contributed by atoms with van der Waals surface area (Å²) >= 11 is 0. The van der Waals surface area contributed by atoms with Gasteiger partial charge in [-0.1, -0.05) is 30.9 Å². The van der Waals surface area contributed by atoms with Gasteiger partial charge in [-0.3, -0.25) is 4.79 Å². The third-order valence-electron chi connectivity index (χ3n) is 5.76. The number of rotatable bonds is 9. The molecule has 1 aliphatic heterocycles. The van der Waals surface area contributed by atoms with Gasteiger partial charge in [-0.2, -0.15) is 10.4 Å². The van der Waals surface area contributed by atoms with Crippen LogP contribution in [0, 0.1) is 18.3 Å². The summed E-state index contributed by atoms with van der Waals surface area (Å²) in [5, 5.41) is 17.4. The van der Waals surface area contributed by atoms with Crippen molar-refractivity contribution in [2.24, 2.45) is 0 Å². The Morgan fingerprint density at radius 3 is 2.86 bits per heavy atom. The highest BCUT2D eigenvalue weighted by atomic mass is 16.5. The minimum atomic E-state index is -0.425. The standard InChI is InChI=1S/C28H28N4O3/c1-3-13-34-24-11-12-26(20(2)15-24)27-22(19-32(31-27)23-8-5-4-6-9-23)16-21(17-29)28(33)30-18-25-10-7-14-35-25/h3-6,8-9,11-12,15-16,19,25H,1,7,10,13-14,18H2,2H3,(H,30,33)/b21-16+. The first-order valence-electron chi connectivity index (χ1n) is 11.6. The second kappa shape index (κ2) is 11.3. The fourth-order valence-electron chi connectivity index (χ4n) is 3.97. The lowest BCUT2D eigenvalue weighted by Gasteiger charge is -2.10. The van der Waals surface area contributed by atoms with Gasteiger partial charge in [0, 0.05) is 30.5 Å². The Balaban J connectivity index is 1.69. The SMILES string of the molecule is C=CCOc1ccc(-c2nn(-c3ccccc3)cc2/C=C(\C#N)C(=O)NCC2CCCO2)c(C)c1. The summed E-state index contributed by atoms with van der Waals surface area (Å²) in [4.78, 5) is 12.8. The number of aryl methyl sites for hydroxylation is 1. The van der Waals surface area contributed by atoms with Crippen LogP contribution in [0.3, 0.4) is 0 Å². The molecule has 178 valence electrons. The highest BCUT2D eigenvalue weighted by molar-refractivity contribution is 6.02. The van der Waals surface area contributed by atoms with E-state index >= 15 is 0 Å². The number of ether oxygens (including phenoxy) is 2. The Labute approximate surface area is 205 Å². The Hall–Kier alpha value is -4.15. The van der Waals surface area contributed by atoms with Crippen LogP contribution in [0.4, 0.5) is 0 Å². The van der Waals surface area contributed by atoms with Crippen molar-refractivity contribution < 1.29 is 14.3 Å². The molecular weight excluding hydrogens is 440 g/mol. The van der Waals surface area contributed by atoms with E-state index in [-0.39, 0.29) is 11.7 Å². The van der Waals surface area contributed by atoms with Crippen molar-refractivity contribution in [1.29, 1.82) is 5.26 Å². The quantitative estimate of drug-likeness (QED) is 0.281. The van der Waals surface area contributed by atoms with Crippen molar-refractivity contribution in [3.8, 4) is 28.8 Å². The number of amides is 1. The Morgan fingerprint density at radius 1 is 1.34 bits per heavy atom. The molecule has 0 spiro atoms. The number of carbonyl (C=O) groups excluding carboxylic acids is 1. The van der Waals surface area contributed by atoms with Crippen molar-refractivity contribution in [2.45, 2.75) is 25.9 Å². The molecule has 1 saturated heterocycles. The van der Waals surface area contributed by atoms with Crippen LogP contribution in [-0.4, -0.2) is 41.6 Å². The van der Waals surface area contributed by atoms with Crippen LogP contribution in [0.5, 0.6) is 5.75 Å². The lowest BCUT2D eigenvalue weighted by molar-refractivity contribution is -0.117. The van der Waals surface area contributed by atoms with Crippen LogP contribution in [0.2, 0.25) is 0 Å². The van der Waals surface area contributed by atoms with Crippen LogP contribution in [-0.2, 0) is 9.53 Å². The van der Waals surface area contributed by atoms with Gasteiger partial charge in [0.25, 0.3) is 5.91 Å². The van der Waals surface area contributed by atoms with E-state index < -0.39 is 5.91 Å². The fourth-order valence-corrected chi connectivity index (χ4v) is 3.97. The largest absolute Gasteiger partial charge is 0.490 e. The van der Waals surface area contributed by atoms with Gasteiger partial charge in [0.1, 0.15) is 29.7 Å². The second-order valence-corrected chi connectivity index (χ2v) is 8.30. The van der Waals surface area contributed by atoms with Crippen LogP contribution < -0.4 is 10.1 Å². The summed E-state index contributed by atoms with van der Waals surface area (Å²) in [7, 11) is 0. The molecule has 2 heterocycles. The second-order valence-electron chi connectivity index (χ2n) is 8.30. The number of hydrogen-bond donors (Lipinski definition) is 1. The lowest BCUT2D eigenvalue weighted by atomic mass is 10.0. The van der Waals surface area contributed by atoms with E-state index in [1.807, 2.05) is 67.7 Å². The van der Waals surface area contributed by atoms with Crippen LogP contribution >= 0.6 is 0 Å². The molecule has 2 aromatic carbocycles. The average Bonchev–Trinajstić information content (AvgIpc) is 3.55. The zero-order valence-electron chi connectivity index (χ0n) is 19.7. The van der Waals surface area contributed by atoms with E-state index in [1.54, 1.807) is 16.8 Å². The van der Waals surface area contributed by atoms with E-state index in [2.05, 4.69) is 11.9 Å². The molecule has 1 aromatic heterocycles. The summed E-state index contributed by atoms with van der Waals surface area (Å²) in [5.41, 5.74) is 4.07. The minimum Gasteiger partial charge on any atom is -0.490 e. The number of nitrogens with zero attached hydrogens (tertiary/aromatic N) is 3. The van der Waals surface area contributed by atoms with E-state index in [9.17, 15) is 10.1 Å². The molecular formula is C28H28N4O3. The first-order chi connectivity index (χ1) is 17.1. The van der Waals surface area contributed by atoms with E-state index in [0.29, 0.717) is 31.0 Å². The zero-order chi connectivity index (χ0) is 24.6. The molecule has 7 nitrogen and oxygen atoms in total. The Bertz CT molecular complexity index is 1270. The van der Waals surface area contributed by atoms with Crippen LogP contribution in [0.1, 0.15) is 24.0 Å². The van der Waals surface area contributed by atoms with Gasteiger partial charge in [0.15, 0.2) is 0 Å². The highest BCUT2D eigenvalue weighted by Crippen LogP contribution is 2.30. The minimum absolute atomic E-state index is 0.000225. The molecule has 1 fully saturated rings. The summed E-state index contributed by atoms with van der Waals surface area (Å²) < 4.78 is 13.0. The number of aromatic nitrogens is 2. The number of hydrogen-bond acceptors (Lipinski definition) is 5. The molecule has 4 rings (SSSR count). The summed E-state index contributed by atoms with van der Waals surface area (Å²) in [6.45, 7) is 7.17. The molecule has 0 saturated carbocycles. The number of benzene rings is 2. The van der Waals surface area contributed by atoms with Gasteiger partial charge >= 0.3 is 0 Å². The first-order valence-corrected chi connectivity index (χ1v) is 11.6. The molecule has 0 radical (unpaired) electrons.